The Bertz CT molecular complexity index is 802. The molecule has 0 bridgehead atoms. The summed E-state index contributed by atoms with van der Waals surface area (Å²) in [7, 11) is 0. The quantitative estimate of drug-likeness (QED) is 0.619. The number of ether oxygens (including phenoxy) is 2. The topological polar surface area (TPSA) is 31.6 Å². The van der Waals surface area contributed by atoms with Crippen molar-refractivity contribution in [2.75, 3.05) is 13.2 Å². The Hall–Kier alpha value is -2.42. The highest BCUT2D eigenvalue weighted by Gasteiger charge is 2.17. The SMILES string of the molecule is CC(C)=CCC/C(C)=C/COc1c2c(cc3occc13)OCC=C2. The lowest BCUT2D eigenvalue weighted by atomic mass is 10.1. The van der Waals surface area contributed by atoms with Gasteiger partial charge in [-0.2, -0.15) is 0 Å². The normalized spacial score (nSPS) is 13.5. The predicted molar refractivity (Wildman–Crippen MR) is 98.7 cm³/mol. The van der Waals surface area contributed by atoms with Gasteiger partial charge in [0.05, 0.1) is 17.2 Å². The second-order valence-corrected chi connectivity index (χ2v) is 6.34. The molecule has 2 aromatic rings. The minimum atomic E-state index is 0.547. The summed E-state index contributed by atoms with van der Waals surface area (Å²) >= 11 is 0. The smallest absolute Gasteiger partial charge is 0.141 e. The van der Waals surface area contributed by atoms with Crippen LogP contribution >= 0.6 is 0 Å². The molecule has 3 rings (SSSR count). The van der Waals surface area contributed by atoms with Crippen LogP contribution in [-0.4, -0.2) is 13.2 Å². The number of benzene rings is 1. The average molecular weight is 324 g/mol. The highest BCUT2D eigenvalue weighted by Crippen LogP contribution is 2.40. The second-order valence-electron chi connectivity index (χ2n) is 6.34. The van der Waals surface area contributed by atoms with Crippen LogP contribution in [0.3, 0.4) is 0 Å². The summed E-state index contributed by atoms with van der Waals surface area (Å²) in [5, 5.41) is 0.986. The summed E-state index contributed by atoms with van der Waals surface area (Å²) in [6, 6.07) is 3.88. The summed E-state index contributed by atoms with van der Waals surface area (Å²) in [6.45, 7) is 7.55. The maximum Gasteiger partial charge on any atom is 0.141 e. The van der Waals surface area contributed by atoms with Crippen molar-refractivity contribution in [3.8, 4) is 11.5 Å². The van der Waals surface area contributed by atoms with E-state index in [1.165, 1.54) is 11.1 Å². The maximum atomic E-state index is 6.09. The standard InChI is InChI=1S/C21H24O3/c1-15(2)6-4-7-16(3)9-12-24-21-17-8-5-11-22-19(17)14-20-18(21)10-13-23-20/h5-6,8-10,13-14H,4,7,11-12H2,1-3H3/b16-9+. The van der Waals surface area contributed by atoms with Gasteiger partial charge in [-0.3, -0.25) is 0 Å². The second kappa shape index (κ2) is 7.43. The van der Waals surface area contributed by atoms with Crippen LogP contribution in [0.4, 0.5) is 0 Å². The fourth-order valence-corrected chi connectivity index (χ4v) is 2.77. The maximum absolute atomic E-state index is 6.09. The molecule has 1 aliphatic heterocycles. The molecule has 0 N–H and O–H groups in total. The summed E-state index contributed by atoms with van der Waals surface area (Å²) < 4.78 is 17.3. The average Bonchev–Trinajstić information content (AvgIpc) is 3.02. The van der Waals surface area contributed by atoms with Crippen molar-refractivity contribution in [2.45, 2.75) is 33.6 Å². The van der Waals surface area contributed by atoms with Crippen LogP contribution in [-0.2, 0) is 0 Å². The molecule has 3 nitrogen and oxygen atoms in total. The first-order valence-corrected chi connectivity index (χ1v) is 8.40. The first kappa shape index (κ1) is 16.4. The Morgan fingerprint density at radius 3 is 2.96 bits per heavy atom. The molecule has 24 heavy (non-hydrogen) atoms. The molecule has 0 fully saturated rings. The zero-order chi connectivity index (χ0) is 16.9. The molecule has 0 saturated carbocycles. The Labute approximate surface area is 143 Å². The van der Waals surface area contributed by atoms with E-state index in [0.29, 0.717) is 13.2 Å². The van der Waals surface area contributed by atoms with Crippen molar-refractivity contribution < 1.29 is 13.9 Å². The monoisotopic (exact) mass is 324 g/mol. The van der Waals surface area contributed by atoms with E-state index in [2.05, 4.69) is 39.0 Å². The van der Waals surface area contributed by atoms with Gasteiger partial charge in [-0.05, 0) is 57.9 Å². The lowest BCUT2D eigenvalue weighted by Crippen LogP contribution is -2.04. The molecular formula is C21H24O3. The molecule has 3 heteroatoms. The lowest BCUT2D eigenvalue weighted by molar-refractivity contribution is 0.341. The van der Waals surface area contributed by atoms with Crippen LogP contribution < -0.4 is 9.47 Å². The number of furan rings is 1. The van der Waals surface area contributed by atoms with Gasteiger partial charge in [0.1, 0.15) is 30.3 Å². The first-order chi connectivity index (χ1) is 11.6. The molecule has 126 valence electrons. The highest BCUT2D eigenvalue weighted by atomic mass is 16.5. The molecule has 0 saturated heterocycles. The van der Waals surface area contributed by atoms with Crippen molar-refractivity contribution in [3.05, 3.63) is 53.3 Å². The molecule has 0 atom stereocenters. The number of hydrogen-bond donors (Lipinski definition) is 0. The van der Waals surface area contributed by atoms with Crippen LogP contribution in [0.1, 0.15) is 39.2 Å². The van der Waals surface area contributed by atoms with E-state index in [4.69, 9.17) is 13.9 Å². The van der Waals surface area contributed by atoms with Gasteiger partial charge in [-0.25, -0.2) is 0 Å². The summed E-state index contributed by atoms with van der Waals surface area (Å²) in [4.78, 5) is 0. The summed E-state index contributed by atoms with van der Waals surface area (Å²) in [6.07, 6.45) is 12.3. The van der Waals surface area contributed by atoms with E-state index >= 15 is 0 Å². The van der Waals surface area contributed by atoms with Crippen molar-refractivity contribution in [2.24, 2.45) is 0 Å². The Kier molecular flexibility index (Phi) is 5.09. The van der Waals surface area contributed by atoms with Gasteiger partial charge in [0.25, 0.3) is 0 Å². The Balaban J connectivity index is 1.75. The number of rotatable bonds is 6. The van der Waals surface area contributed by atoms with Crippen LogP contribution in [0.15, 0.2) is 52.2 Å². The van der Waals surface area contributed by atoms with E-state index in [9.17, 15) is 0 Å². The van der Waals surface area contributed by atoms with Gasteiger partial charge >= 0.3 is 0 Å². The minimum absolute atomic E-state index is 0.547. The van der Waals surface area contributed by atoms with E-state index in [1.807, 2.05) is 18.2 Å². The first-order valence-electron chi connectivity index (χ1n) is 8.40. The molecule has 0 unspecified atom stereocenters. The van der Waals surface area contributed by atoms with E-state index < -0.39 is 0 Å². The van der Waals surface area contributed by atoms with Gasteiger partial charge < -0.3 is 13.9 Å². The number of hydrogen-bond acceptors (Lipinski definition) is 3. The van der Waals surface area contributed by atoms with Crippen LogP contribution in [0, 0.1) is 0 Å². The fraction of sp³-hybridized carbons (Fsp3) is 0.333. The largest absolute Gasteiger partial charge is 0.489 e. The van der Waals surface area contributed by atoms with Crippen LogP contribution in [0.25, 0.3) is 17.0 Å². The fourth-order valence-electron chi connectivity index (χ4n) is 2.77. The predicted octanol–water partition coefficient (Wildman–Crippen LogP) is 5.91. The highest BCUT2D eigenvalue weighted by molar-refractivity contribution is 5.91. The molecule has 0 amide bonds. The Morgan fingerprint density at radius 2 is 2.12 bits per heavy atom. The third-order valence-corrected chi connectivity index (χ3v) is 4.08. The zero-order valence-electron chi connectivity index (χ0n) is 14.6. The van der Waals surface area contributed by atoms with Gasteiger partial charge in [0.2, 0.25) is 0 Å². The van der Waals surface area contributed by atoms with Gasteiger partial charge in [0, 0.05) is 6.07 Å². The van der Waals surface area contributed by atoms with Crippen molar-refractivity contribution in [1.82, 2.24) is 0 Å². The zero-order valence-corrected chi connectivity index (χ0v) is 14.6. The van der Waals surface area contributed by atoms with Crippen LogP contribution in [0.5, 0.6) is 11.5 Å². The molecule has 0 spiro atoms. The number of fused-ring (bicyclic) bond motifs is 2. The third-order valence-electron chi connectivity index (χ3n) is 4.08. The van der Waals surface area contributed by atoms with Crippen molar-refractivity contribution in [3.63, 3.8) is 0 Å². The Morgan fingerprint density at radius 1 is 1.25 bits per heavy atom. The van der Waals surface area contributed by atoms with E-state index in [-0.39, 0.29) is 0 Å². The lowest BCUT2D eigenvalue weighted by Gasteiger charge is -2.17. The van der Waals surface area contributed by atoms with E-state index in [0.717, 1.165) is 40.9 Å². The van der Waals surface area contributed by atoms with Crippen molar-refractivity contribution >= 4 is 17.0 Å². The third kappa shape index (κ3) is 3.73. The van der Waals surface area contributed by atoms with Gasteiger partial charge in [-0.1, -0.05) is 17.2 Å². The molecular weight excluding hydrogens is 300 g/mol. The molecule has 1 aromatic heterocycles. The van der Waals surface area contributed by atoms with E-state index in [1.54, 1.807) is 6.26 Å². The van der Waals surface area contributed by atoms with Gasteiger partial charge in [-0.15, -0.1) is 0 Å². The number of allylic oxidation sites excluding steroid dienone is 3. The molecule has 0 radical (unpaired) electrons. The van der Waals surface area contributed by atoms with Crippen molar-refractivity contribution in [1.29, 1.82) is 0 Å². The summed E-state index contributed by atoms with van der Waals surface area (Å²) in [5.74, 6) is 1.65. The molecule has 1 aromatic carbocycles. The van der Waals surface area contributed by atoms with Gasteiger partial charge in [0.15, 0.2) is 0 Å². The summed E-state index contributed by atoms with van der Waals surface area (Å²) in [5.41, 5.74) is 4.49. The molecule has 2 heterocycles. The molecule has 0 aliphatic carbocycles. The minimum Gasteiger partial charge on any atom is -0.489 e. The van der Waals surface area contributed by atoms with Crippen LogP contribution in [0.2, 0.25) is 0 Å². The molecule has 1 aliphatic rings.